The molecule has 3 rings (SSSR count). The van der Waals surface area contributed by atoms with Crippen LogP contribution < -0.4 is 0 Å². The van der Waals surface area contributed by atoms with E-state index in [2.05, 4.69) is 10.2 Å². The summed E-state index contributed by atoms with van der Waals surface area (Å²) in [6.45, 7) is 1.75. The highest BCUT2D eigenvalue weighted by atomic mass is 32.2. The summed E-state index contributed by atoms with van der Waals surface area (Å²) in [5.74, 6) is 1.01. The average Bonchev–Trinajstić information content (AvgIpc) is 2.95. The molecule has 0 saturated carbocycles. The number of benzene rings is 1. The molecule has 1 amide bonds. The van der Waals surface area contributed by atoms with Crippen molar-refractivity contribution in [2.45, 2.75) is 34.4 Å². The number of ketones is 1. The first kappa shape index (κ1) is 19.4. The van der Waals surface area contributed by atoms with Gasteiger partial charge in [-0.05, 0) is 12.8 Å². The van der Waals surface area contributed by atoms with Crippen molar-refractivity contribution < 1.29 is 9.59 Å². The summed E-state index contributed by atoms with van der Waals surface area (Å²) in [4.78, 5) is 26.4. The number of likely N-dealkylation sites (tertiary alicyclic amines) is 1. The van der Waals surface area contributed by atoms with Crippen molar-refractivity contribution in [3.05, 3.63) is 35.9 Å². The molecular weight excluding hydrogens is 386 g/mol. The highest BCUT2D eigenvalue weighted by Crippen LogP contribution is 2.29. The SMILES string of the molecule is O=C(CSc1nnc(SCC(=O)N2CCCCCC2)s1)c1ccccc1. The Kier molecular flexibility index (Phi) is 7.52. The first-order chi connectivity index (χ1) is 12.7. The molecule has 0 N–H and O–H groups in total. The Bertz CT molecular complexity index is 728. The molecule has 8 heteroatoms. The molecule has 2 heterocycles. The summed E-state index contributed by atoms with van der Waals surface area (Å²) < 4.78 is 1.54. The molecule has 1 aromatic carbocycles. The fourth-order valence-electron chi connectivity index (χ4n) is 2.68. The van der Waals surface area contributed by atoms with E-state index in [9.17, 15) is 9.59 Å². The highest BCUT2D eigenvalue weighted by molar-refractivity contribution is 8.03. The smallest absolute Gasteiger partial charge is 0.233 e. The van der Waals surface area contributed by atoms with Crippen LogP contribution in [0.4, 0.5) is 0 Å². The van der Waals surface area contributed by atoms with E-state index in [0.717, 1.165) is 34.6 Å². The molecule has 5 nitrogen and oxygen atoms in total. The lowest BCUT2D eigenvalue weighted by Gasteiger charge is -2.19. The van der Waals surface area contributed by atoms with Crippen LogP contribution in [-0.2, 0) is 4.79 Å². The molecule has 1 aliphatic rings. The number of carbonyl (C=O) groups excluding carboxylic acids is 2. The molecule has 0 atom stereocenters. The molecule has 1 aromatic heterocycles. The molecule has 0 aliphatic carbocycles. The van der Waals surface area contributed by atoms with Crippen molar-refractivity contribution in [1.82, 2.24) is 15.1 Å². The molecule has 0 unspecified atom stereocenters. The quantitative estimate of drug-likeness (QED) is 0.510. The number of Topliss-reactive ketones (excluding diaryl/α,β-unsaturated/α-hetero) is 1. The van der Waals surface area contributed by atoms with Gasteiger partial charge in [-0.25, -0.2) is 0 Å². The van der Waals surface area contributed by atoms with Gasteiger partial charge in [0.1, 0.15) is 0 Å². The first-order valence-corrected chi connectivity index (χ1v) is 11.5. The van der Waals surface area contributed by atoms with Gasteiger partial charge >= 0.3 is 0 Å². The predicted molar refractivity (Wildman–Crippen MR) is 107 cm³/mol. The van der Waals surface area contributed by atoms with E-state index in [1.165, 1.54) is 47.7 Å². The summed E-state index contributed by atoms with van der Waals surface area (Å²) in [7, 11) is 0. The van der Waals surface area contributed by atoms with E-state index < -0.39 is 0 Å². The Labute approximate surface area is 166 Å². The summed E-state index contributed by atoms with van der Waals surface area (Å²) in [5, 5.41) is 8.25. The van der Waals surface area contributed by atoms with Crippen LogP contribution in [0, 0.1) is 0 Å². The van der Waals surface area contributed by atoms with E-state index in [0.29, 0.717) is 17.1 Å². The van der Waals surface area contributed by atoms with Gasteiger partial charge in [-0.3, -0.25) is 9.59 Å². The van der Waals surface area contributed by atoms with Crippen LogP contribution in [0.3, 0.4) is 0 Å². The lowest BCUT2D eigenvalue weighted by molar-refractivity contribution is -0.128. The van der Waals surface area contributed by atoms with Crippen molar-refractivity contribution in [3.63, 3.8) is 0 Å². The van der Waals surface area contributed by atoms with E-state index >= 15 is 0 Å². The summed E-state index contributed by atoms with van der Waals surface area (Å²) in [6.07, 6.45) is 4.64. The van der Waals surface area contributed by atoms with Crippen LogP contribution in [-0.4, -0.2) is 51.4 Å². The fourth-order valence-corrected chi connectivity index (χ4v) is 5.50. The van der Waals surface area contributed by atoms with Gasteiger partial charge in [-0.15, -0.1) is 10.2 Å². The Morgan fingerprint density at radius 2 is 1.54 bits per heavy atom. The molecule has 0 spiro atoms. The first-order valence-electron chi connectivity index (χ1n) is 8.67. The van der Waals surface area contributed by atoms with Crippen molar-refractivity contribution in [2.24, 2.45) is 0 Å². The number of carbonyl (C=O) groups is 2. The fraction of sp³-hybridized carbons (Fsp3) is 0.444. The number of hydrogen-bond acceptors (Lipinski definition) is 7. The Morgan fingerprint density at radius 1 is 0.923 bits per heavy atom. The topological polar surface area (TPSA) is 63.2 Å². The second-order valence-corrected chi connectivity index (χ2v) is 9.42. The largest absolute Gasteiger partial charge is 0.342 e. The van der Waals surface area contributed by atoms with Gasteiger partial charge in [-0.1, -0.05) is 78.0 Å². The number of aromatic nitrogens is 2. The Hall–Kier alpha value is -1.38. The van der Waals surface area contributed by atoms with Crippen LogP contribution in [0.15, 0.2) is 39.0 Å². The zero-order valence-corrected chi connectivity index (χ0v) is 16.9. The third-order valence-corrected chi connectivity index (χ3v) is 7.26. The minimum Gasteiger partial charge on any atom is -0.342 e. The third-order valence-electron chi connectivity index (χ3n) is 4.09. The van der Waals surface area contributed by atoms with E-state index in [-0.39, 0.29) is 11.7 Å². The monoisotopic (exact) mass is 407 g/mol. The Balaban J connectivity index is 1.44. The molecule has 2 aromatic rings. The van der Waals surface area contributed by atoms with Gasteiger partial charge in [-0.2, -0.15) is 0 Å². The summed E-state index contributed by atoms with van der Waals surface area (Å²) in [5.41, 5.74) is 0.710. The zero-order valence-electron chi connectivity index (χ0n) is 14.4. The number of amides is 1. The zero-order chi connectivity index (χ0) is 18.2. The van der Waals surface area contributed by atoms with Crippen LogP contribution in [0.2, 0.25) is 0 Å². The van der Waals surface area contributed by atoms with Crippen LogP contribution in [0.1, 0.15) is 36.0 Å². The molecule has 1 saturated heterocycles. The lowest BCUT2D eigenvalue weighted by atomic mass is 10.2. The van der Waals surface area contributed by atoms with E-state index in [1.54, 1.807) is 0 Å². The molecule has 0 bridgehead atoms. The van der Waals surface area contributed by atoms with Gasteiger partial charge in [0, 0.05) is 18.7 Å². The number of thioether (sulfide) groups is 2. The highest BCUT2D eigenvalue weighted by Gasteiger charge is 2.17. The van der Waals surface area contributed by atoms with Crippen LogP contribution >= 0.6 is 34.9 Å². The van der Waals surface area contributed by atoms with Crippen molar-refractivity contribution in [1.29, 1.82) is 0 Å². The predicted octanol–water partition coefficient (Wildman–Crippen LogP) is 4.01. The Morgan fingerprint density at radius 3 is 2.19 bits per heavy atom. The maximum Gasteiger partial charge on any atom is 0.233 e. The second kappa shape index (κ2) is 10.1. The number of rotatable bonds is 7. The van der Waals surface area contributed by atoms with Crippen molar-refractivity contribution >= 4 is 46.6 Å². The minimum atomic E-state index is 0.0799. The number of hydrogen-bond donors (Lipinski definition) is 0. The second-order valence-electron chi connectivity index (χ2n) is 6.00. The van der Waals surface area contributed by atoms with E-state index in [1.807, 2.05) is 35.2 Å². The van der Waals surface area contributed by atoms with Gasteiger partial charge in [0.05, 0.1) is 11.5 Å². The van der Waals surface area contributed by atoms with Gasteiger partial charge in [0.15, 0.2) is 14.5 Å². The number of nitrogens with zero attached hydrogens (tertiary/aromatic N) is 3. The van der Waals surface area contributed by atoms with Crippen molar-refractivity contribution in [3.8, 4) is 0 Å². The summed E-state index contributed by atoms with van der Waals surface area (Å²) >= 11 is 4.28. The maximum atomic E-state index is 12.3. The van der Waals surface area contributed by atoms with Crippen LogP contribution in [0.5, 0.6) is 0 Å². The molecule has 1 fully saturated rings. The normalized spacial score (nSPS) is 14.8. The lowest BCUT2D eigenvalue weighted by Crippen LogP contribution is -2.33. The molecule has 0 radical (unpaired) electrons. The van der Waals surface area contributed by atoms with E-state index in [4.69, 9.17) is 0 Å². The maximum absolute atomic E-state index is 12.3. The molecule has 26 heavy (non-hydrogen) atoms. The summed E-state index contributed by atoms with van der Waals surface area (Å²) in [6, 6.07) is 9.25. The minimum absolute atomic E-state index is 0.0799. The van der Waals surface area contributed by atoms with Gasteiger partial charge in [0.2, 0.25) is 5.91 Å². The molecule has 138 valence electrons. The van der Waals surface area contributed by atoms with Gasteiger partial charge in [0.25, 0.3) is 0 Å². The average molecular weight is 408 g/mol. The van der Waals surface area contributed by atoms with Gasteiger partial charge < -0.3 is 4.90 Å². The third kappa shape index (κ3) is 5.82. The molecular formula is C18H21N3O2S3. The van der Waals surface area contributed by atoms with Crippen molar-refractivity contribution in [2.75, 3.05) is 24.6 Å². The van der Waals surface area contributed by atoms with Crippen LogP contribution in [0.25, 0.3) is 0 Å². The molecule has 1 aliphatic heterocycles. The standard InChI is InChI=1S/C18H21N3O2S3/c22-15(14-8-4-3-5-9-14)12-24-17-19-20-18(26-17)25-13-16(23)21-10-6-1-2-7-11-21/h3-5,8-9H,1-2,6-7,10-13H2.